The highest BCUT2D eigenvalue weighted by Crippen LogP contribution is 2.16. The van der Waals surface area contributed by atoms with Crippen molar-refractivity contribution in [3.8, 4) is 0 Å². The third-order valence-electron chi connectivity index (χ3n) is 3.19. The summed E-state index contributed by atoms with van der Waals surface area (Å²) in [7, 11) is 0. The standard InChI is InChI=1S/C11H11Cl2N5O/c12-9-10(13)14-6-17(11(9)19)5-8-16-15-7-3-1-2-4-18(7)8/h6H,1-5H2. The molecule has 0 spiro atoms. The summed E-state index contributed by atoms with van der Waals surface area (Å²) >= 11 is 11.5. The fraction of sp³-hybridized carbons (Fsp3) is 0.455. The Morgan fingerprint density at radius 2 is 2.11 bits per heavy atom. The molecule has 0 bridgehead atoms. The van der Waals surface area contributed by atoms with Gasteiger partial charge in [-0.15, -0.1) is 10.2 Å². The lowest BCUT2D eigenvalue weighted by Gasteiger charge is -2.15. The number of nitrogens with zero attached hydrogens (tertiary/aromatic N) is 5. The molecule has 2 aromatic heterocycles. The Labute approximate surface area is 119 Å². The van der Waals surface area contributed by atoms with Crippen LogP contribution in [0.4, 0.5) is 0 Å². The fourth-order valence-corrected chi connectivity index (χ4v) is 2.48. The molecule has 0 saturated heterocycles. The minimum atomic E-state index is -0.366. The van der Waals surface area contributed by atoms with Gasteiger partial charge in [0, 0.05) is 13.0 Å². The van der Waals surface area contributed by atoms with Gasteiger partial charge in [0.1, 0.15) is 10.8 Å². The number of aryl methyl sites for hydroxylation is 1. The van der Waals surface area contributed by atoms with Crippen LogP contribution in [0.3, 0.4) is 0 Å². The van der Waals surface area contributed by atoms with Gasteiger partial charge in [0.05, 0.1) is 12.9 Å². The second-order valence-corrected chi connectivity index (χ2v) is 5.16. The molecular weight excluding hydrogens is 289 g/mol. The summed E-state index contributed by atoms with van der Waals surface area (Å²) in [6, 6.07) is 0. The first-order valence-corrected chi connectivity index (χ1v) is 6.74. The molecular formula is C11H11Cl2N5O. The largest absolute Gasteiger partial charge is 0.313 e. The van der Waals surface area contributed by atoms with Crippen molar-refractivity contribution in [2.45, 2.75) is 32.4 Å². The summed E-state index contributed by atoms with van der Waals surface area (Å²) in [6.45, 7) is 1.19. The van der Waals surface area contributed by atoms with Gasteiger partial charge >= 0.3 is 0 Å². The molecule has 8 heteroatoms. The van der Waals surface area contributed by atoms with Crippen LogP contribution in [0.2, 0.25) is 10.2 Å². The highest BCUT2D eigenvalue weighted by molar-refractivity contribution is 6.40. The molecule has 0 aromatic carbocycles. The second kappa shape index (κ2) is 4.94. The van der Waals surface area contributed by atoms with Gasteiger partial charge in [-0.3, -0.25) is 9.36 Å². The number of hydrogen-bond acceptors (Lipinski definition) is 4. The molecule has 0 saturated carbocycles. The Balaban J connectivity index is 1.96. The van der Waals surface area contributed by atoms with E-state index in [1.54, 1.807) is 0 Å². The van der Waals surface area contributed by atoms with Crippen LogP contribution in [0.25, 0.3) is 0 Å². The van der Waals surface area contributed by atoms with Gasteiger partial charge in [-0.05, 0) is 12.8 Å². The van der Waals surface area contributed by atoms with Crippen LogP contribution in [0.15, 0.2) is 11.1 Å². The topological polar surface area (TPSA) is 65.6 Å². The molecule has 0 radical (unpaired) electrons. The lowest BCUT2D eigenvalue weighted by atomic mass is 10.2. The molecule has 6 nitrogen and oxygen atoms in total. The predicted molar refractivity (Wildman–Crippen MR) is 70.6 cm³/mol. The minimum Gasteiger partial charge on any atom is -0.313 e. The van der Waals surface area contributed by atoms with E-state index in [1.165, 1.54) is 10.9 Å². The van der Waals surface area contributed by atoms with Crippen molar-refractivity contribution in [3.63, 3.8) is 0 Å². The quantitative estimate of drug-likeness (QED) is 0.789. The third kappa shape index (κ3) is 2.26. The third-order valence-corrected chi connectivity index (χ3v) is 3.91. The van der Waals surface area contributed by atoms with E-state index in [4.69, 9.17) is 23.2 Å². The maximum absolute atomic E-state index is 11.9. The van der Waals surface area contributed by atoms with Crippen molar-refractivity contribution >= 4 is 23.2 Å². The summed E-state index contributed by atoms with van der Waals surface area (Å²) in [5, 5.41) is 8.23. The van der Waals surface area contributed by atoms with Crippen molar-refractivity contribution < 1.29 is 0 Å². The first-order valence-electron chi connectivity index (χ1n) is 5.98. The van der Waals surface area contributed by atoms with Crippen LogP contribution < -0.4 is 5.56 Å². The van der Waals surface area contributed by atoms with Crippen molar-refractivity contribution in [1.82, 2.24) is 24.3 Å². The summed E-state index contributed by atoms with van der Waals surface area (Å²) < 4.78 is 3.44. The van der Waals surface area contributed by atoms with Crippen LogP contribution in [0, 0.1) is 0 Å². The maximum Gasteiger partial charge on any atom is 0.274 e. The lowest BCUT2D eigenvalue weighted by molar-refractivity contribution is 0.499. The number of aromatic nitrogens is 5. The molecule has 19 heavy (non-hydrogen) atoms. The Kier molecular flexibility index (Phi) is 3.28. The van der Waals surface area contributed by atoms with Crippen LogP contribution in [-0.4, -0.2) is 24.3 Å². The summed E-state index contributed by atoms with van der Waals surface area (Å²) in [5.41, 5.74) is -0.366. The SMILES string of the molecule is O=c1c(Cl)c(Cl)ncn1Cc1nnc2n1CCCC2. The van der Waals surface area contributed by atoms with Crippen LogP contribution in [0.5, 0.6) is 0 Å². The minimum absolute atomic E-state index is 0.0196. The molecule has 100 valence electrons. The molecule has 2 aromatic rings. The monoisotopic (exact) mass is 299 g/mol. The highest BCUT2D eigenvalue weighted by Gasteiger charge is 2.17. The molecule has 0 atom stereocenters. The van der Waals surface area contributed by atoms with E-state index in [0.717, 1.165) is 37.5 Å². The normalized spacial score (nSPS) is 14.4. The van der Waals surface area contributed by atoms with Gasteiger partial charge in [-0.2, -0.15) is 0 Å². The summed E-state index contributed by atoms with van der Waals surface area (Å²) in [6.07, 6.45) is 4.54. The first-order chi connectivity index (χ1) is 9.16. The number of fused-ring (bicyclic) bond motifs is 1. The van der Waals surface area contributed by atoms with E-state index in [9.17, 15) is 4.79 Å². The molecule has 1 aliphatic rings. The summed E-state index contributed by atoms with van der Waals surface area (Å²) in [5.74, 6) is 1.72. The second-order valence-electron chi connectivity index (χ2n) is 4.42. The Hall–Kier alpha value is -1.40. The van der Waals surface area contributed by atoms with Gasteiger partial charge in [-0.25, -0.2) is 4.98 Å². The fourth-order valence-electron chi connectivity index (χ4n) is 2.19. The van der Waals surface area contributed by atoms with Gasteiger partial charge < -0.3 is 4.57 Å². The first kappa shape index (κ1) is 12.6. The molecule has 0 aliphatic carbocycles. The molecule has 0 N–H and O–H groups in total. The van der Waals surface area contributed by atoms with Crippen molar-refractivity contribution in [2.75, 3.05) is 0 Å². The maximum atomic E-state index is 11.9. The average molecular weight is 300 g/mol. The van der Waals surface area contributed by atoms with Gasteiger partial charge in [0.15, 0.2) is 11.0 Å². The highest BCUT2D eigenvalue weighted by atomic mass is 35.5. The lowest BCUT2D eigenvalue weighted by Crippen LogP contribution is -2.24. The molecule has 3 heterocycles. The van der Waals surface area contributed by atoms with Crippen molar-refractivity contribution in [1.29, 1.82) is 0 Å². The van der Waals surface area contributed by atoms with Crippen LogP contribution >= 0.6 is 23.2 Å². The zero-order chi connectivity index (χ0) is 13.4. The number of rotatable bonds is 2. The smallest absolute Gasteiger partial charge is 0.274 e. The molecule has 0 fully saturated rings. The van der Waals surface area contributed by atoms with E-state index in [1.807, 2.05) is 0 Å². The Morgan fingerprint density at radius 1 is 1.26 bits per heavy atom. The predicted octanol–water partition coefficient (Wildman–Crippen LogP) is 1.53. The molecule has 0 amide bonds. The molecule has 0 unspecified atom stereocenters. The average Bonchev–Trinajstić information content (AvgIpc) is 2.83. The zero-order valence-corrected chi connectivity index (χ0v) is 11.5. The molecule has 3 rings (SSSR count). The Bertz CT molecular complexity index is 678. The van der Waals surface area contributed by atoms with E-state index in [-0.39, 0.29) is 15.7 Å². The zero-order valence-electron chi connectivity index (χ0n) is 10.0. The number of halogens is 2. The van der Waals surface area contributed by atoms with E-state index in [0.29, 0.717) is 6.54 Å². The van der Waals surface area contributed by atoms with E-state index >= 15 is 0 Å². The van der Waals surface area contributed by atoms with Crippen LogP contribution in [-0.2, 0) is 19.5 Å². The van der Waals surface area contributed by atoms with Crippen LogP contribution in [0.1, 0.15) is 24.5 Å². The van der Waals surface area contributed by atoms with Gasteiger partial charge in [-0.1, -0.05) is 23.2 Å². The Morgan fingerprint density at radius 3 is 2.95 bits per heavy atom. The van der Waals surface area contributed by atoms with Gasteiger partial charge in [0.25, 0.3) is 5.56 Å². The van der Waals surface area contributed by atoms with E-state index < -0.39 is 0 Å². The van der Waals surface area contributed by atoms with Gasteiger partial charge in [0.2, 0.25) is 0 Å². The van der Waals surface area contributed by atoms with Crippen molar-refractivity contribution in [3.05, 3.63) is 38.5 Å². The number of hydrogen-bond donors (Lipinski definition) is 0. The molecule has 1 aliphatic heterocycles. The van der Waals surface area contributed by atoms with E-state index in [2.05, 4.69) is 19.7 Å². The van der Waals surface area contributed by atoms with Crippen molar-refractivity contribution in [2.24, 2.45) is 0 Å². The summed E-state index contributed by atoms with van der Waals surface area (Å²) in [4.78, 5) is 15.8.